The minimum atomic E-state index is -5.50. The lowest BCUT2D eigenvalue weighted by Gasteiger charge is -2.26. The molecule has 0 aliphatic carbocycles. The number of fused-ring (bicyclic) bond motifs is 2. The highest BCUT2D eigenvalue weighted by Crippen LogP contribution is 2.56. The van der Waals surface area contributed by atoms with Crippen LogP contribution in [0.25, 0.3) is 22.3 Å². The lowest BCUT2D eigenvalue weighted by molar-refractivity contribution is -0.0645. The van der Waals surface area contributed by atoms with Gasteiger partial charge in [0.2, 0.25) is 5.95 Å². The third-order valence-corrected chi connectivity index (χ3v) is 21.0. The van der Waals surface area contributed by atoms with Crippen molar-refractivity contribution in [3.63, 3.8) is 0 Å². The van der Waals surface area contributed by atoms with Gasteiger partial charge in [-0.05, 0) is 19.9 Å². The number of rotatable bonds is 27. The summed E-state index contributed by atoms with van der Waals surface area (Å²) in [6.07, 6.45) is -15.7. The number of nitrogens with zero attached hydrogens (tertiary/aromatic N) is 11. The second-order valence-corrected chi connectivity index (χ2v) is 29.2. The molecule has 14 N–H and O–H groups in total. The number of H-pyrrole nitrogens is 3. The molecular weight excluding hydrogens is 1430 g/mol. The van der Waals surface area contributed by atoms with E-state index >= 15 is 0 Å². The van der Waals surface area contributed by atoms with Crippen molar-refractivity contribution in [3.05, 3.63) is 117 Å². The van der Waals surface area contributed by atoms with Gasteiger partial charge in [0.05, 0.1) is 51.8 Å². The van der Waals surface area contributed by atoms with E-state index < -0.39 is 203 Å². The zero-order chi connectivity index (χ0) is 71.5. The van der Waals surface area contributed by atoms with Crippen LogP contribution in [-0.2, 0) is 82.7 Å². The van der Waals surface area contributed by atoms with E-state index in [4.69, 9.17) is 81.6 Å². The van der Waals surface area contributed by atoms with Crippen LogP contribution in [0.1, 0.15) is 74.4 Å². The first-order valence-corrected chi connectivity index (χ1v) is 36.0. The van der Waals surface area contributed by atoms with Gasteiger partial charge in [-0.3, -0.25) is 92.9 Å². The molecule has 0 bridgehead atoms. The molecule has 5 saturated heterocycles. The standard InChI is InChI=1S/C50H65N17O29P4/c1-21-11-64(49(74)61-44(21)70)34-6-23(69)29(89-34)14-84-97(76,77)94-26-9-37(66-19-56-39-41(52)54-18-55-42(39)66)91-30(26)15-85-99(80,81)95-27-10-38(67-20-57-40-43(67)59-47(53)60-46(40)72)92-31(27)16-86-98(78,79)93-25-8-35(63-5-4-33(51)58-48(63)73)90-32(25)17-87-100(82,83-3)96-24-7-36(88-28(24)13-68)65-12-22(2)45(71)62-50(65)75/h4-5,11-12,18-20,23-32,34-38,68-69H,6-10,13-17H2,1-3H3,(H,76,77)(H,78,79)(H,80,81)(H2,51,58,73)(H2,52,54,55)(H,61,70,74)(H,62,71,75)(H3,53,59,60,72)/t23-,24-,25-,26-,27-,28+,29+,30+,31+,32+,34+,35+,36+,37+,38+,100?/m0/s1. The van der Waals surface area contributed by atoms with Gasteiger partial charge in [-0.2, -0.15) is 9.97 Å². The number of aromatic amines is 3. The summed E-state index contributed by atoms with van der Waals surface area (Å²) in [7, 11) is -20.1. The molecule has 0 amide bonds. The number of ether oxygens (including phenoxy) is 5. The Balaban J connectivity index is 0.749. The smallest absolute Gasteiger partial charge is 0.394 e. The molecule has 5 aliphatic rings. The minimum Gasteiger partial charge on any atom is -0.394 e. The molecule has 0 radical (unpaired) electrons. The first-order valence-electron chi connectivity index (χ1n) is 30.0. The number of phosphoric ester groups is 4. The minimum absolute atomic E-state index is 0.0253. The quantitative estimate of drug-likeness (QED) is 0.0251. The monoisotopic (exact) mass is 1490 g/mol. The van der Waals surface area contributed by atoms with Gasteiger partial charge in [-0.15, -0.1) is 0 Å². The Kier molecular flexibility index (Phi) is 20.9. The maximum Gasteiger partial charge on any atom is 0.474 e. The number of aliphatic hydroxyl groups excluding tert-OH is 2. The van der Waals surface area contributed by atoms with Crippen molar-refractivity contribution in [1.82, 2.24) is 67.7 Å². The van der Waals surface area contributed by atoms with Crippen LogP contribution in [0.15, 0.2) is 72.4 Å². The van der Waals surface area contributed by atoms with E-state index in [1.54, 1.807) is 0 Å². The number of aryl methyl sites for hydroxylation is 2. The molecule has 0 aromatic carbocycles. The first kappa shape index (κ1) is 72.5. The van der Waals surface area contributed by atoms with E-state index in [-0.39, 0.29) is 70.3 Å². The molecule has 7 aromatic rings. The zero-order valence-corrected chi connectivity index (χ0v) is 55.8. The summed E-state index contributed by atoms with van der Waals surface area (Å²) in [4.78, 5) is 140. The zero-order valence-electron chi connectivity index (χ0n) is 52.2. The van der Waals surface area contributed by atoms with Gasteiger partial charge in [0, 0.05) is 68.9 Å². The van der Waals surface area contributed by atoms with Crippen LogP contribution >= 0.6 is 31.3 Å². The fourth-order valence-corrected chi connectivity index (χ4v) is 15.6. The molecule has 12 rings (SSSR count). The van der Waals surface area contributed by atoms with Crippen molar-refractivity contribution >= 4 is 71.2 Å². The topological polar surface area (TPSA) is 628 Å². The number of hydrogen-bond donors (Lipinski definition) is 11. The third kappa shape index (κ3) is 15.8. The largest absolute Gasteiger partial charge is 0.474 e. The van der Waals surface area contributed by atoms with Gasteiger partial charge in [0.15, 0.2) is 22.6 Å². The van der Waals surface area contributed by atoms with Crippen LogP contribution in [0.2, 0.25) is 0 Å². The molecule has 4 unspecified atom stereocenters. The molecule has 50 heteroatoms. The Bertz CT molecular complexity index is 4800. The Labute approximate surface area is 557 Å². The summed E-state index contributed by atoms with van der Waals surface area (Å²) < 4.78 is 142. The van der Waals surface area contributed by atoms with Crippen LogP contribution in [0, 0.1) is 13.8 Å². The lowest BCUT2D eigenvalue weighted by atomic mass is 10.2. The molecule has 100 heavy (non-hydrogen) atoms. The van der Waals surface area contributed by atoms with Crippen LogP contribution in [0.3, 0.4) is 0 Å². The average Bonchev–Trinajstić information content (AvgIpc) is 1.64. The van der Waals surface area contributed by atoms with E-state index in [2.05, 4.69) is 44.9 Å². The van der Waals surface area contributed by atoms with Crippen molar-refractivity contribution < 1.29 is 108 Å². The van der Waals surface area contributed by atoms with Crippen molar-refractivity contribution in [2.45, 2.75) is 138 Å². The van der Waals surface area contributed by atoms with E-state index in [0.29, 0.717) is 0 Å². The SMILES string of the molecule is COP(=O)(OC[C@H]1O[C@@H](n2ccc(N)nc2=O)C[C@@H]1OP(=O)(O)OC[C@H]1O[C@@H](n2cnc3c(=O)[nH]c(N)nc32)C[C@@H]1OP(=O)(O)OC[C@H]1O[C@@H](n2cnc3c(N)ncnc32)C[C@@H]1OP(=O)(O)OC[C@H]1O[C@@H](n2cc(C)c(=O)[nH]c2=O)C[C@@H]1O)O[C@H]1C[C@H](n2cc(C)c(=O)[nH]c2=O)O[C@@H]1CO. The van der Waals surface area contributed by atoms with Gasteiger partial charge >= 0.3 is 48.4 Å². The highest BCUT2D eigenvalue weighted by molar-refractivity contribution is 7.48. The average molecular weight is 1490 g/mol. The number of aromatic nitrogens is 14. The molecule has 7 aromatic heterocycles. The Morgan fingerprint density at radius 1 is 0.540 bits per heavy atom. The van der Waals surface area contributed by atoms with E-state index in [9.17, 15) is 71.9 Å². The number of aliphatic hydroxyl groups is 2. The predicted octanol–water partition coefficient (Wildman–Crippen LogP) is -1.87. The number of hydrogen-bond acceptors (Lipinski definition) is 35. The highest BCUT2D eigenvalue weighted by Gasteiger charge is 2.50. The Morgan fingerprint density at radius 3 is 1.51 bits per heavy atom. The summed E-state index contributed by atoms with van der Waals surface area (Å²) in [6, 6.07) is 1.24. The van der Waals surface area contributed by atoms with Gasteiger partial charge < -0.3 is 65.8 Å². The summed E-state index contributed by atoms with van der Waals surface area (Å²) in [6.45, 7) is -1.53. The summed E-state index contributed by atoms with van der Waals surface area (Å²) in [5.74, 6) is -0.555. The van der Waals surface area contributed by atoms with Crippen LogP contribution < -0.4 is 50.9 Å². The van der Waals surface area contributed by atoms with Gasteiger partial charge in [0.1, 0.15) is 104 Å². The number of imidazole rings is 2. The third-order valence-electron chi connectivity index (χ3n) is 16.5. The summed E-state index contributed by atoms with van der Waals surface area (Å²) in [5, 5.41) is 21.1. The molecule has 46 nitrogen and oxygen atoms in total. The number of nitrogens with two attached hydrogens (primary N) is 3. The highest BCUT2D eigenvalue weighted by atomic mass is 31.2. The van der Waals surface area contributed by atoms with Crippen molar-refractivity contribution in [3.8, 4) is 0 Å². The Morgan fingerprint density at radius 2 is 0.990 bits per heavy atom. The summed E-state index contributed by atoms with van der Waals surface area (Å²) in [5.41, 5.74) is 13.0. The van der Waals surface area contributed by atoms with Crippen molar-refractivity contribution in [2.75, 3.05) is 57.3 Å². The van der Waals surface area contributed by atoms with Crippen molar-refractivity contribution in [1.29, 1.82) is 0 Å². The summed E-state index contributed by atoms with van der Waals surface area (Å²) >= 11 is 0. The van der Waals surface area contributed by atoms with E-state index in [0.717, 1.165) is 33.5 Å². The molecule has 12 heterocycles. The molecular formula is C50H65N17O29P4. The fraction of sp³-hybridized carbons (Fsp3) is 0.560. The van der Waals surface area contributed by atoms with Crippen LogP contribution in [0.5, 0.6) is 0 Å². The maximum absolute atomic E-state index is 14.3. The second kappa shape index (κ2) is 28.9. The molecule has 544 valence electrons. The maximum atomic E-state index is 14.3. The number of nitrogen functional groups attached to an aromatic ring is 3. The van der Waals surface area contributed by atoms with E-state index in [1.165, 1.54) is 54.0 Å². The normalized spacial score (nSPS) is 29.5. The number of anilines is 3. The fourth-order valence-electron chi connectivity index (χ4n) is 11.6. The van der Waals surface area contributed by atoms with Crippen molar-refractivity contribution in [2.24, 2.45) is 0 Å². The molecule has 0 spiro atoms. The molecule has 0 saturated carbocycles. The number of phosphoric acid groups is 4. The van der Waals surface area contributed by atoms with Gasteiger partial charge in [0.25, 0.3) is 16.7 Å². The van der Waals surface area contributed by atoms with Gasteiger partial charge in [-0.25, -0.2) is 52.6 Å². The van der Waals surface area contributed by atoms with Gasteiger partial charge in [-0.1, -0.05) is 0 Å². The second-order valence-electron chi connectivity index (χ2n) is 23.2. The van der Waals surface area contributed by atoms with Crippen LogP contribution in [0.4, 0.5) is 17.6 Å². The van der Waals surface area contributed by atoms with Crippen LogP contribution in [-0.4, -0.2) is 194 Å². The molecule has 5 aliphatic heterocycles. The number of nitrogens with one attached hydrogen (secondary N) is 3. The molecule has 5 fully saturated rings. The van der Waals surface area contributed by atoms with E-state index in [1.807, 2.05) is 0 Å². The Hall–Kier alpha value is -7.30. The lowest BCUT2D eigenvalue weighted by Crippen LogP contribution is -2.33. The predicted molar refractivity (Wildman–Crippen MR) is 330 cm³/mol. The molecule has 19 atom stereocenters. The first-order chi connectivity index (χ1) is 47.3.